The van der Waals surface area contributed by atoms with E-state index in [2.05, 4.69) is 25.3 Å². The zero-order valence-corrected chi connectivity index (χ0v) is 14.7. The third kappa shape index (κ3) is 3.76. The van der Waals surface area contributed by atoms with Crippen LogP contribution in [0.15, 0.2) is 23.3 Å². The minimum atomic E-state index is 0.665. The molecule has 0 unspecified atom stereocenters. The maximum absolute atomic E-state index is 5.95. The lowest BCUT2D eigenvalue weighted by Crippen LogP contribution is -2.45. The average molecular weight is 352 g/mol. The first-order valence-corrected chi connectivity index (χ1v) is 9.60. The summed E-state index contributed by atoms with van der Waals surface area (Å²) in [5, 5.41) is 7.18. The molecule has 0 saturated carbocycles. The molecule has 5 rings (SSSR count). The van der Waals surface area contributed by atoms with Crippen LogP contribution < -0.4 is 0 Å². The first kappa shape index (κ1) is 15.6. The molecule has 3 aliphatic heterocycles. The Bertz CT molecular complexity index is 628. The summed E-state index contributed by atoms with van der Waals surface area (Å²) in [7, 11) is 0. The Kier molecular flexibility index (Phi) is 4.66. The van der Waals surface area contributed by atoms with Crippen LogP contribution in [0.25, 0.3) is 0 Å². The van der Waals surface area contributed by atoms with E-state index in [1.54, 1.807) is 17.5 Å². The monoisotopic (exact) mass is 351 g/mol. The van der Waals surface area contributed by atoms with Gasteiger partial charge in [-0.1, -0.05) is 11.6 Å². The van der Waals surface area contributed by atoms with Crippen molar-refractivity contribution in [1.82, 2.24) is 24.6 Å². The number of thiazole rings is 1. The third-order valence-corrected chi connectivity index (χ3v) is 5.82. The standard InChI is InChI=1S/C16H22ClN5S/c17-14-5-19-22(8-14)4-3-21-7-13-1-2-16(21)10-20(6-13)9-15-11-23-12-18-15/h5,8,11-13,16H,1-4,6-7,9-10H2/t13-,16+/m0/s1. The summed E-state index contributed by atoms with van der Waals surface area (Å²) >= 11 is 7.64. The SMILES string of the molecule is Clc1cnn(CCN2C[C@H]3CC[C@@H]2CN(Cc2cscn2)C3)c1. The van der Waals surface area contributed by atoms with E-state index in [4.69, 9.17) is 11.6 Å². The first-order valence-electron chi connectivity index (χ1n) is 8.27. The number of aromatic nitrogens is 3. The van der Waals surface area contributed by atoms with Gasteiger partial charge in [-0.3, -0.25) is 14.5 Å². The zero-order chi connectivity index (χ0) is 15.6. The van der Waals surface area contributed by atoms with Crippen LogP contribution in [0.1, 0.15) is 18.5 Å². The van der Waals surface area contributed by atoms with Gasteiger partial charge in [-0.05, 0) is 18.8 Å². The normalized spacial score (nSPS) is 25.8. The van der Waals surface area contributed by atoms with E-state index in [0.29, 0.717) is 6.04 Å². The Morgan fingerprint density at radius 3 is 2.96 bits per heavy atom. The molecule has 0 aliphatic carbocycles. The second kappa shape index (κ2) is 6.89. The molecule has 5 heterocycles. The predicted octanol–water partition coefficient (Wildman–Crippen LogP) is 2.59. The van der Waals surface area contributed by atoms with Crippen LogP contribution >= 0.6 is 22.9 Å². The molecule has 2 aromatic rings. The van der Waals surface area contributed by atoms with E-state index < -0.39 is 0 Å². The smallest absolute Gasteiger partial charge is 0.0795 e. The summed E-state index contributed by atoms with van der Waals surface area (Å²) in [5.41, 5.74) is 3.15. The van der Waals surface area contributed by atoms with E-state index in [9.17, 15) is 0 Å². The predicted molar refractivity (Wildman–Crippen MR) is 92.7 cm³/mol. The van der Waals surface area contributed by atoms with Crippen molar-refractivity contribution in [1.29, 1.82) is 0 Å². The molecule has 0 N–H and O–H groups in total. The third-order valence-electron chi connectivity index (χ3n) is 4.99. The molecule has 5 nitrogen and oxygen atoms in total. The van der Waals surface area contributed by atoms with Gasteiger partial charge in [0.1, 0.15) is 0 Å². The molecule has 2 aromatic heterocycles. The minimum Gasteiger partial charge on any atom is -0.297 e. The van der Waals surface area contributed by atoms with Gasteiger partial charge >= 0.3 is 0 Å². The van der Waals surface area contributed by atoms with Crippen molar-refractivity contribution in [3.63, 3.8) is 0 Å². The molecule has 23 heavy (non-hydrogen) atoms. The van der Waals surface area contributed by atoms with Gasteiger partial charge in [0.05, 0.1) is 29.0 Å². The molecular weight excluding hydrogens is 330 g/mol. The molecule has 2 bridgehead atoms. The second-order valence-electron chi connectivity index (χ2n) is 6.69. The van der Waals surface area contributed by atoms with Crippen LogP contribution in [-0.4, -0.2) is 56.8 Å². The maximum atomic E-state index is 5.95. The van der Waals surface area contributed by atoms with E-state index in [1.165, 1.54) is 31.6 Å². The highest BCUT2D eigenvalue weighted by atomic mass is 35.5. The molecule has 0 radical (unpaired) electrons. The van der Waals surface area contributed by atoms with E-state index in [-0.39, 0.29) is 0 Å². The fourth-order valence-electron chi connectivity index (χ4n) is 3.92. The van der Waals surface area contributed by atoms with Crippen LogP contribution in [0, 0.1) is 5.92 Å². The van der Waals surface area contributed by atoms with Gasteiger partial charge < -0.3 is 0 Å². The van der Waals surface area contributed by atoms with Gasteiger partial charge in [0.2, 0.25) is 0 Å². The summed E-state index contributed by atoms with van der Waals surface area (Å²) in [4.78, 5) is 9.70. The lowest BCUT2D eigenvalue weighted by molar-refractivity contribution is 0.124. The molecule has 0 spiro atoms. The van der Waals surface area contributed by atoms with E-state index in [1.807, 2.05) is 16.4 Å². The van der Waals surface area contributed by atoms with Crippen LogP contribution in [0.2, 0.25) is 5.02 Å². The van der Waals surface area contributed by atoms with Crippen molar-refractivity contribution in [3.05, 3.63) is 34.0 Å². The van der Waals surface area contributed by atoms with Crippen molar-refractivity contribution in [2.45, 2.75) is 32.0 Å². The highest BCUT2D eigenvalue weighted by Crippen LogP contribution is 2.28. The van der Waals surface area contributed by atoms with Crippen molar-refractivity contribution >= 4 is 22.9 Å². The molecule has 7 heteroatoms. The van der Waals surface area contributed by atoms with Crippen LogP contribution in [0.5, 0.6) is 0 Å². The Morgan fingerprint density at radius 1 is 1.22 bits per heavy atom. The molecule has 3 fully saturated rings. The highest BCUT2D eigenvalue weighted by molar-refractivity contribution is 7.07. The largest absolute Gasteiger partial charge is 0.297 e. The lowest BCUT2D eigenvalue weighted by atomic mass is 9.95. The van der Waals surface area contributed by atoms with Crippen molar-refractivity contribution in [2.75, 3.05) is 26.2 Å². The van der Waals surface area contributed by atoms with Crippen molar-refractivity contribution in [3.8, 4) is 0 Å². The lowest BCUT2D eigenvalue weighted by Gasteiger charge is -2.36. The molecule has 2 atom stereocenters. The summed E-state index contributed by atoms with van der Waals surface area (Å²) in [6.45, 7) is 6.56. The summed E-state index contributed by atoms with van der Waals surface area (Å²) in [6.07, 6.45) is 6.30. The maximum Gasteiger partial charge on any atom is 0.0795 e. The fraction of sp³-hybridized carbons (Fsp3) is 0.625. The van der Waals surface area contributed by atoms with Gasteiger partial charge in [0.15, 0.2) is 0 Å². The summed E-state index contributed by atoms with van der Waals surface area (Å²) in [5.74, 6) is 0.786. The van der Waals surface area contributed by atoms with Gasteiger partial charge in [-0.25, -0.2) is 4.98 Å². The van der Waals surface area contributed by atoms with Gasteiger partial charge in [-0.2, -0.15) is 5.10 Å². The number of fused-ring (bicyclic) bond motifs is 4. The van der Waals surface area contributed by atoms with Crippen molar-refractivity contribution in [2.24, 2.45) is 5.92 Å². The molecule has 124 valence electrons. The number of halogens is 1. The number of piperidine rings is 1. The van der Waals surface area contributed by atoms with E-state index >= 15 is 0 Å². The Morgan fingerprint density at radius 2 is 2.17 bits per heavy atom. The summed E-state index contributed by atoms with van der Waals surface area (Å²) < 4.78 is 1.95. The summed E-state index contributed by atoms with van der Waals surface area (Å²) in [6, 6.07) is 0.665. The quantitative estimate of drug-likeness (QED) is 0.829. The number of rotatable bonds is 5. The second-order valence-corrected chi connectivity index (χ2v) is 7.84. The molecule has 0 amide bonds. The zero-order valence-electron chi connectivity index (χ0n) is 13.1. The number of hydrogen-bond donors (Lipinski definition) is 0. The van der Waals surface area contributed by atoms with E-state index in [0.717, 1.165) is 37.1 Å². The molecule has 3 aliphatic rings. The first-order chi connectivity index (χ1) is 11.3. The average Bonchev–Trinajstić information content (AvgIpc) is 3.11. The number of nitrogens with zero attached hydrogens (tertiary/aromatic N) is 5. The van der Waals surface area contributed by atoms with Gasteiger partial charge in [-0.15, -0.1) is 11.3 Å². The molecule has 3 saturated heterocycles. The minimum absolute atomic E-state index is 0.665. The molecular formula is C16H22ClN5S. The topological polar surface area (TPSA) is 37.2 Å². The molecule has 0 aromatic carbocycles. The van der Waals surface area contributed by atoms with Crippen LogP contribution in [0.3, 0.4) is 0 Å². The van der Waals surface area contributed by atoms with Gasteiger partial charge in [0, 0.05) is 50.3 Å². The Hall–Kier alpha value is -0.950. The Balaban J connectivity index is 1.37. The number of hydrogen-bond acceptors (Lipinski definition) is 5. The Labute approximate surface area is 145 Å². The fourth-order valence-corrected chi connectivity index (χ4v) is 4.62. The van der Waals surface area contributed by atoms with Gasteiger partial charge in [0.25, 0.3) is 0 Å². The van der Waals surface area contributed by atoms with Crippen LogP contribution in [0.4, 0.5) is 0 Å². The highest BCUT2D eigenvalue weighted by Gasteiger charge is 2.34. The van der Waals surface area contributed by atoms with Crippen LogP contribution in [-0.2, 0) is 13.1 Å². The van der Waals surface area contributed by atoms with Crippen molar-refractivity contribution < 1.29 is 0 Å².